The van der Waals surface area contributed by atoms with Gasteiger partial charge in [-0.3, -0.25) is 9.59 Å². The summed E-state index contributed by atoms with van der Waals surface area (Å²) < 4.78 is 0. The van der Waals surface area contributed by atoms with E-state index < -0.39 is 5.25 Å². The molecular weight excluding hydrogens is 605 g/mol. The maximum atomic E-state index is 13.8. The van der Waals surface area contributed by atoms with E-state index >= 15 is 0 Å². The maximum absolute atomic E-state index is 13.8. The first-order chi connectivity index (χ1) is 20.3. The Kier molecular flexibility index (Phi) is 9.31. The standard InChI is InChI=1S/C33H23Cl2N3O2S2/c1-20-10-12-21(13-11-20)28-19-41-33(27(28)18-36)38-32(40)30(22-6-3-2-4-7-22)42-25-9-5-8-24(17-25)37-31(39)26-15-14-23(34)16-29(26)35/h2-17,19,30H,1H3,(H,37,39)(H,38,40). The molecule has 1 atom stereocenters. The van der Waals surface area contributed by atoms with Gasteiger partial charge in [-0.15, -0.1) is 23.1 Å². The zero-order chi connectivity index (χ0) is 29.6. The minimum absolute atomic E-state index is 0.252. The topological polar surface area (TPSA) is 82.0 Å². The van der Waals surface area contributed by atoms with Crippen molar-refractivity contribution >= 4 is 68.8 Å². The molecule has 0 aliphatic heterocycles. The molecule has 4 aromatic carbocycles. The number of anilines is 2. The third kappa shape index (κ3) is 6.87. The van der Waals surface area contributed by atoms with Crippen molar-refractivity contribution < 1.29 is 9.59 Å². The highest BCUT2D eigenvalue weighted by molar-refractivity contribution is 8.00. The second-order valence-corrected chi connectivity index (χ2v) is 12.2. The van der Waals surface area contributed by atoms with E-state index in [0.29, 0.717) is 26.8 Å². The van der Waals surface area contributed by atoms with E-state index in [1.165, 1.54) is 29.2 Å². The SMILES string of the molecule is Cc1ccc(-c2csc(NC(=O)C(Sc3cccc(NC(=O)c4ccc(Cl)cc4Cl)c3)c3ccccc3)c2C#N)cc1. The zero-order valence-electron chi connectivity index (χ0n) is 22.2. The van der Waals surface area contributed by atoms with Crippen molar-refractivity contribution in [1.29, 1.82) is 5.26 Å². The van der Waals surface area contributed by atoms with E-state index in [9.17, 15) is 14.9 Å². The van der Waals surface area contributed by atoms with Crippen LogP contribution in [0.25, 0.3) is 11.1 Å². The lowest BCUT2D eigenvalue weighted by atomic mass is 10.0. The molecule has 1 aromatic heterocycles. The number of nitriles is 1. The molecule has 0 saturated carbocycles. The third-order valence-electron chi connectivity index (χ3n) is 6.36. The fourth-order valence-electron chi connectivity index (χ4n) is 4.24. The molecule has 0 fully saturated rings. The summed E-state index contributed by atoms with van der Waals surface area (Å²) in [6.07, 6.45) is 0. The lowest BCUT2D eigenvalue weighted by molar-refractivity contribution is -0.115. The number of nitrogens with zero attached hydrogens (tertiary/aromatic N) is 1. The van der Waals surface area contributed by atoms with Gasteiger partial charge in [-0.25, -0.2) is 0 Å². The van der Waals surface area contributed by atoms with Crippen LogP contribution in [0.1, 0.15) is 32.3 Å². The number of aryl methyl sites for hydroxylation is 1. The van der Waals surface area contributed by atoms with Gasteiger partial charge in [0, 0.05) is 26.5 Å². The number of amides is 2. The fourth-order valence-corrected chi connectivity index (χ4v) is 6.74. The Morgan fingerprint density at radius 2 is 1.67 bits per heavy atom. The van der Waals surface area contributed by atoms with Gasteiger partial charge in [-0.1, -0.05) is 89.4 Å². The van der Waals surface area contributed by atoms with Crippen LogP contribution in [0.15, 0.2) is 107 Å². The van der Waals surface area contributed by atoms with E-state index in [0.717, 1.165) is 27.1 Å². The van der Waals surface area contributed by atoms with Crippen LogP contribution in [-0.4, -0.2) is 11.8 Å². The van der Waals surface area contributed by atoms with E-state index in [1.54, 1.807) is 24.3 Å². The summed E-state index contributed by atoms with van der Waals surface area (Å²) in [4.78, 5) is 27.4. The summed E-state index contributed by atoms with van der Waals surface area (Å²) in [5.41, 5.74) is 4.91. The summed E-state index contributed by atoms with van der Waals surface area (Å²) in [5.74, 6) is -0.635. The number of thioether (sulfide) groups is 1. The molecule has 5 rings (SSSR count). The van der Waals surface area contributed by atoms with E-state index in [2.05, 4.69) is 16.7 Å². The predicted molar refractivity (Wildman–Crippen MR) is 174 cm³/mol. The van der Waals surface area contributed by atoms with Crippen LogP contribution < -0.4 is 10.6 Å². The van der Waals surface area contributed by atoms with Crippen LogP contribution >= 0.6 is 46.3 Å². The second-order valence-electron chi connectivity index (χ2n) is 9.34. The minimum atomic E-state index is -0.626. The second kappa shape index (κ2) is 13.3. The number of benzene rings is 4. The number of hydrogen-bond donors (Lipinski definition) is 2. The monoisotopic (exact) mass is 627 g/mol. The summed E-state index contributed by atoms with van der Waals surface area (Å²) in [7, 11) is 0. The number of rotatable bonds is 8. The fraction of sp³-hybridized carbons (Fsp3) is 0.0606. The van der Waals surface area contributed by atoms with Gasteiger partial charge >= 0.3 is 0 Å². The molecule has 1 unspecified atom stereocenters. The normalized spacial score (nSPS) is 11.4. The molecule has 2 N–H and O–H groups in total. The highest BCUT2D eigenvalue weighted by atomic mass is 35.5. The molecule has 208 valence electrons. The van der Waals surface area contributed by atoms with Crippen LogP contribution in [0.5, 0.6) is 0 Å². The molecule has 0 bridgehead atoms. The van der Waals surface area contributed by atoms with E-state index in [4.69, 9.17) is 23.2 Å². The lowest BCUT2D eigenvalue weighted by Gasteiger charge is -2.17. The Morgan fingerprint density at radius 1 is 0.905 bits per heavy atom. The Morgan fingerprint density at radius 3 is 2.38 bits per heavy atom. The summed E-state index contributed by atoms with van der Waals surface area (Å²) in [5, 5.41) is 18.3. The largest absolute Gasteiger partial charge is 0.322 e. The first kappa shape index (κ1) is 29.4. The molecule has 5 aromatic rings. The van der Waals surface area contributed by atoms with Gasteiger partial charge in [0.2, 0.25) is 5.91 Å². The van der Waals surface area contributed by atoms with Crippen LogP contribution in [0, 0.1) is 18.3 Å². The first-order valence-electron chi connectivity index (χ1n) is 12.8. The van der Waals surface area contributed by atoms with Gasteiger partial charge < -0.3 is 10.6 Å². The Bertz CT molecular complexity index is 1800. The van der Waals surface area contributed by atoms with Crippen LogP contribution in [-0.2, 0) is 4.79 Å². The summed E-state index contributed by atoms with van der Waals surface area (Å²) in [6.45, 7) is 2.01. The van der Waals surface area contributed by atoms with Crippen molar-refractivity contribution in [1.82, 2.24) is 0 Å². The minimum Gasteiger partial charge on any atom is -0.322 e. The van der Waals surface area contributed by atoms with Crippen molar-refractivity contribution in [3.05, 3.63) is 135 Å². The molecule has 5 nitrogen and oxygen atoms in total. The quantitative estimate of drug-likeness (QED) is 0.168. The first-order valence-corrected chi connectivity index (χ1v) is 15.3. The van der Waals surface area contributed by atoms with Crippen LogP contribution in [0.4, 0.5) is 10.7 Å². The smallest absolute Gasteiger partial charge is 0.257 e. The molecular formula is C33H23Cl2N3O2S2. The lowest BCUT2D eigenvalue weighted by Crippen LogP contribution is -2.19. The highest BCUT2D eigenvalue weighted by Crippen LogP contribution is 2.40. The van der Waals surface area contributed by atoms with Gasteiger partial charge in [0.25, 0.3) is 5.91 Å². The molecule has 0 radical (unpaired) electrons. The van der Waals surface area contributed by atoms with Crippen molar-refractivity contribution in [3.8, 4) is 17.2 Å². The molecule has 0 saturated heterocycles. The van der Waals surface area contributed by atoms with Gasteiger partial charge in [0.1, 0.15) is 16.3 Å². The molecule has 9 heteroatoms. The number of hydrogen-bond acceptors (Lipinski definition) is 5. The van der Waals surface area contributed by atoms with Crippen molar-refractivity contribution in [3.63, 3.8) is 0 Å². The number of nitrogens with one attached hydrogen (secondary N) is 2. The summed E-state index contributed by atoms with van der Waals surface area (Å²) in [6, 6.07) is 31.6. The molecule has 0 aliphatic carbocycles. The van der Waals surface area contributed by atoms with Crippen LogP contribution in [0.2, 0.25) is 10.0 Å². The zero-order valence-corrected chi connectivity index (χ0v) is 25.4. The van der Waals surface area contributed by atoms with Gasteiger partial charge in [-0.05, 0) is 54.4 Å². The van der Waals surface area contributed by atoms with E-state index in [1.807, 2.05) is 79.0 Å². The molecule has 1 heterocycles. The van der Waals surface area contributed by atoms with Gasteiger partial charge in [0.05, 0.1) is 16.1 Å². The van der Waals surface area contributed by atoms with Crippen molar-refractivity contribution in [2.45, 2.75) is 17.1 Å². The predicted octanol–water partition coefficient (Wildman–Crippen LogP) is 9.63. The highest BCUT2D eigenvalue weighted by Gasteiger charge is 2.25. The Balaban J connectivity index is 1.38. The van der Waals surface area contributed by atoms with E-state index in [-0.39, 0.29) is 16.8 Å². The molecule has 2 amide bonds. The molecule has 0 aliphatic rings. The molecule has 0 spiro atoms. The number of halogens is 2. The number of carbonyl (C=O) groups excluding carboxylic acids is 2. The van der Waals surface area contributed by atoms with Crippen LogP contribution in [0.3, 0.4) is 0 Å². The average molecular weight is 629 g/mol. The van der Waals surface area contributed by atoms with Crippen molar-refractivity contribution in [2.24, 2.45) is 0 Å². The third-order valence-corrected chi connectivity index (χ3v) is 9.06. The Hall–Kier alpha value is -4.06. The number of carbonyl (C=O) groups is 2. The average Bonchev–Trinajstić information content (AvgIpc) is 3.39. The van der Waals surface area contributed by atoms with Gasteiger partial charge in [0.15, 0.2) is 0 Å². The number of thiophene rings is 1. The summed E-state index contributed by atoms with van der Waals surface area (Å²) >= 11 is 14.8. The van der Waals surface area contributed by atoms with Gasteiger partial charge in [-0.2, -0.15) is 5.26 Å². The Labute approximate surface area is 262 Å². The molecule has 42 heavy (non-hydrogen) atoms. The maximum Gasteiger partial charge on any atom is 0.257 e. The van der Waals surface area contributed by atoms with Crippen molar-refractivity contribution in [2.75, 3.05) is 10.6 Å².